The van der Waals surface area contributed by atoms with Crippen LogP contribution in [-0.2, 0) is 4.79 Å². The number of rotatable bonds is 5. The van der Waals surface area contributed by atoms with Crippen LogP contribution in [-0.4, -0.2) is 28.8 Å². The molecule has 0 fully saturated rings. The Morgan fingerprint density at radius 3 is 2.50 bits per heavy atom. The molecule has 0 atom stereocenters. The number of amides is 1. The summed E-state index contributed by atoms with van der Waals surface area (Å²) in [7, 11) is 0. The summed E-state index contributed by atoms with van der Waals surface area (Å²) in [5, 5.41) is 12.6. The highest BCUT2D eigenvalue weighted by atomic mass is 79.9. The average molecular weight is 348 g/mol. The Morgan fingerprint density at radius 2 is 2.00 bits per heavy atom. The van der Waals surface area contributed by atoms with Crippen molar-refractivity contribution in [3.05, 3.63) is 28.5 Å². The van der Waals surface area contributed by atoms with Crippen LogP contribution in [0.2, 0.25) is 0 Å². The fourth-order valence-electron chi connectivity index (χ4n) is 1.27. The van der Waals surface area contributed by atoms with E-state index in [1.165, 1.54) is 12.1 Å². The van der Waals surface area contributed by atoms with Crippen molar-refractivity contribution in [3.8, 4) is 5.75 Å². The molecule has 0 aliphatic rings. The van der Waals surface area contributed by atoms with Crippen LogP contribution in [0, 0.1) is 5.82 Å². The lowest BCUT2D eigenvalue weighted by atomic mass is 9.86. The second-order valence-electron chi connectivity index (χ2n) is 5.60. The molecular formula is C14H19BrFNO3. The summed E-state index contributed by atoms with van der Waals surface area (Å²) in [5.41, 5.74) is -1.92. The molecule has 0 radical (unpaired) electrons. The van der Waals surface area contributed by atoms with Crippen molar-refractivity contribution < 1.29 is 19.0 Å². The summed E-state index contributed by atoms with van der Waals surface area (Å²) >= 11 is 3.14. The molecule has 0 saturated heterocycles. The van der Waals surface area contributed by atoms with E-state index in [1.807, 2.05) is 0 Å². The van der Waals surface area contributed by atoms with Gasteiger partial charge in [-0.1, -0.05) is 15.9 Å². The molecule has 1 aromatic rings. The van der Waals surface area contributed by atoms with Crippen LogP contribution in [0.15, 0.2) is 22.7 Å². The van der Waals surface area contributed by atoms with E-state index in [9.17, 15) is 14.3 Å². The standard InChI is InChI=1S/C14H19BrFNO3/c1-13(2,14(3,4)19)17-12(18)8-20-11-6-5-9(15)7-10(11)16/h5-7,19H,8H2,1-4H3,(H,17,18). The number of halogens is 2. The summed E-state index contributed by atoms with van der Waals surface area (Å²) < 4.78 is 19.2. The third kappa shape index (κ3) is 4.45. The minimum atomic E-state index is -1.09. The van der Waals surface area contributed by atoms with Gasteiger partial charge in [0.2, 0.25) is 0 Å². The van der Waals surface area contributed by atoms with Crippen molar-refractivity contribution in [1.82, 2.24) is 5.32 Å². The third-order valence-corrected chi connectivity index (χ3v) is 3.73. The number of benzene rings is 1. The van der Waals surface area contributed by atoms with Gasteiger partial charge in [0.05, 0.1) is 11.1 Å². The van der Waals surface area contributed by atoms with E-state index >= 15 is 0 Å². The lowest BCUT2D eigenvalue weighted by Gasteiger charge is -2.37. The Kier molecular flexibility index (Phi) is 5.15. The topological polar surface area (TPSA) is 58.6 Å². The highest BCUT2D eigenvalue weighted by molar-refractivity contribution is 9.10. The summed E-state index contributed by atoms with van der Waals surface area (Å²) in [6, 6.07) is 4.32. The fraction of sp³-hybridized carbons (Fsp3) is 0.500. The maximum absolute atomic E-state index is 13.5. The van der Waals surface area contributed by atoms with Crippen LogP contribution < -0.4 is 10.1 Å². The molecule has 1 rings (SSSR count). The van der Waals surface area contributed by atoms with E-state index in [2.05, 4.69) is 21.2 Å². The molecule has 0 unspecified atom stereocenters. The molecule has 2 N–H and O–H groups in total. The van der Waals surface area contributed by atoms with E-state index in [-0.39, 0.29) is 12.4 Å². The second kappa shape index (κ2) is 6.10. The lowest BCUT2D eigenvalue weighted by molar-refractivity contribution is -0.128. The zero-order chi connectivity index (χ0) is 15.6. The molecule has 0 aromatic heterocycles. The normalized spacial score (nSPS) is 12.2. The summed E-state index contributed by atoms with van der Waals surface area (Å²) in [4.78, 5) is 11.8. The lowest BCUT2D eigenvalue weighted by Crippen LogP contribution is -2.58. The fourth-order valence-corrected chi connectivity index (χ4v) is 1.61. The molecule has 112 valence electrons. The molecule has 1 amide bonds. The second-order valence-corrected chi connectivity index (χ2v) is 6.51. The van der Waals surface area contributed by atoms with Gasteiger partial charge in [-0.3, -0.25) is 4.79 Å². The molecule has 20 heavy (non-hydrogen) atoms. The van der Waals surface area contributed by atoms with Gasteiger partial charge in [-0.25, -0.2) is 4.39 Å². The van der Waals surface area contributed by atoms with Gasteiger partial charge < -0.3 is 15.2 Å². The van der Waals surface area contributed by atoms with Crippen LogP contribution in [0.5, 0.6) is 5.75 Å². The number of carbonyl (C=O) groups excluding carboxylic acids is 1. The minimum Gasteiger partial charge on any atom is -0.481 e. The molecule has 0 aliphatic carbocycles. The Labute approximate surface area is 126 Å². The van der Waals surface area contributed by atoms with Crippen molar-refractivity contribution in [2.75, 3.05) is 6.61 Å². The van der Waals surface area contributed by atoms with Gasteiger partial charge in [-0.2, -0.15) is 0 Å². The number of ether oxygens (including phenoxy) is 1. The Bertz CT molecular complexity index is 498. The van der Waals surface area contributed by atoms with Crippen molar-refractivity contribution in [2.24, 2.45) is 0 Å². The summed E-state index contributed by atoms with van der Waals surface area (Å²) in [6.07, 6.45) is 0. The molecule has 0 spiro atoms. The number of aliphatic hydroxyl groups is 1. The maximum Gasteiger partial charge on any atom is 0.258 e. The first-order valence-electron chi connectivity index (χ1n) is 6.14. The van der Waals surface area contributed by atoms with Gasteiger partial charge in [0, 0.05) is 4.47 Å². The Balaban J connectivity index is 2.60. The van der Waals surface area contributed by atoms with E-state index in [4.69, 9.17) is 4.74 Å². The van der Waals surface area contributed by atoms with Crippen molar-refractivity contribution in [2.45, 2.75) is 38.8 Å². The van der Waals surface area contributed by atoms with Gasteiger partial charge in [0.25, 0.3) is 5.91 Å². The van der Waals surface area contributed by atoms with Gasteiger partial charge in [0.1, 0.15) is 0 Å². The van der Waals surface area contributed by atoms with Gasteiger partial charge in [0.15, 0.2) is 18.2 Å². The maximum atomic E-state index is 13.5. The smallest absolute Gasteiger partial charge is 0.258 e. The van der Waals surface area contributed by atoms with Crippen molar-refractivity contribution >= 4 is 21.8 Å². The van der Waals surface area contributed by atoms with Crippen LogP contribution >= 0.6 is 15.9 Å². The minimum absolute atomic E-state index is 0.00409. The van der Waals surface area contributed by atoms with Crippen LogP contribution in [0.3, 0.4) is 0 Å². The van der Waals surface area contributed by atoms with E-state index < -0.39 is 22.9 Å². The zero-order valence-electron chi connectivity index (χ0n) is 12.0. The molecule has 0 bridgehead atoms. The number of nitrogens with one attached hydrogen (secondary N) is 1. The Morgan fingerprint density at radius 1 is 1.40 bits per heavy atom. The van der Waals surface area contributed by atoms with E-state index in [1.54, 1.807) is 33.8 Å². The molecule has 1 aromatic carbocycles. The molecule has 4 nitrogen and oxygen atoms in total. The molecule has 6 heteroatoms. The third-order valence-electron chi connectivity index (χ3n) is 3.23. The van der Waals surface area contributed by atoms with E-state index in [0.29, 0.717) is 4.47 Å². The molecule has 0 aliphatic heterocycles. The van der Waals surface area contributed by atoms with Gasteiger partial charge >= 0.3 is 0 Å². The van der Waals surface area contributed by atoms with Crippen molar-refractivity contribution in [3.63, 3.8) is 0 Å². The number of hydrogen-bond acceptors (Lipinski definition) is 3. The Hall–Kier alpha value is -1.14. The highest BCUT2D eigenvalue weighted by Gasteiger charge is 2.36. The molecular weight excluding hydrogens is 329 g/mol. The molecule has 0 heterocycles. The predicted octanol–water partition coefficient (Wildman–Crippen LogP) is 2.63. The monoisotopic (exact) mass is 347 g/mol. The predicted molar refractivity (Wildman–Crippen MR) is 78.1 cm³/mol. The first-order chi connectivity index (χ1) is 9.03. The first-order valence-corrected chi connectivity index (χ1v) is 6.93. The summed E-state index contributed by atoms with van der Waals surface area (Å²) in [5.74, 6) is -0.974. The number of carbonyl (C=O) groups is 1. The van der Waals surface area contributed by atoms with E-state index in [0.717, 1.165) is 0 Å². The average Bonchev–Trinajstić information content (AvgIpc) is 2.25. The van der Waals surface area contributed by atoms with Gasteiger partial charge in [-0.15, -0.1) is 0 Å². The largest absolute Gasteiger partial charge is 0.481 e. The highest BCUT2D eigenvalue weighted by Crippen LogP contribution is 2.22. The van der Waals surface area contributed by atoms with Crippen molar-refractivity contribution in [1.29, 1.82) is 0 Å². The number of hydrogen-bond donors (Lipinski definition) is 2. The zero-order valence-corrected chi connectivity index (χ0v) is 13.5. The molecule has 0 saturated carbocycles. The summed E-state index contributed by atoms with van der Waals surface area (Å²) in [6.45, 7) is 6.28. The van der Waals surface area contributed by atoms with Crippen LogP contribution in [0.25, 0.3) is 0 Å². The first kappa shape index (κ1) is 16.9. The van der Waals surface area contributed by atoms with Crippen LogP contribution in [0.4, 0.5) is 4.39 Å². The van der Waals surface area contributed by atoms with Crippen LogP contribution in [0.1, 0.15) is 27.7 Å². The quantitative estimate of drug-likeness (QED) is 0.860. The SMILES string of the molecule is CC(C)(O)C(C)(C)NC(=O)COc1ccc(Br)cc1F. The van der Waals surface area contributed by atoms with Gasteiger partial charge in [-0.05, 0) is 45.9 Å².